The zero-order valence-corrected chi connectivity index (χ0v) is 10.1. The smallest absolute Gasteiger partial charge is 0.293 e. The molecule has 1 amide bonds. The normalized spacial score (nSPS) is 10.4. The van der Waals surface area contributed by atoms with Gasteiger partial charge in [0.15, 0.2) is 0 Å². The van der Waals surface area contributed by atoms with Gasteiger partial charge in [-0.2, -0.15) is 10.2 Å². The quantitative estimate of drug-likeness (QED) is 0.674. The molecule has 0 saturated heterocycles. The molecule has 0 spiro atoms. The number of rotatable bonds is 3. The summed E-state index contributed by atoms with van der Waals surface area (Å²) in [5.74, 6) is -0.677. The van der Waals surface area contributed by atoms with Crippen molar-refractivity contribution in [3.63, 3.8) is 0 Å². The second-order valence-electron chi connectivity index (χ2n) is 3.95. The summed E-state index contributed by atoms with van der Waals surface area (Å²) >= 11 is 0. The molecule has 2 heterocycles. The van der Waals surface area contributed by atoms with E-state index in [1.807, 2.05) is 0 Å². The zero-order valence-electron chi connectivity index (χ0n) is 10.1. The lowest BCUT2D eigenvalue weighted by Crippen LogP contribution is -2.13. The van der Waals surface area contributed by atoms with Crippen molar-refractivity contribution in [2.24, 2.45) is 0 Å². The Labute approximate surface area is 112 Å². The van der Waals surface area contributed by atoms with Gasteiger partial charge in [0.05, 0.1) is 17.6 Å². The SMILES string of the molecule is O=C(Nc1cn[nH]c1-c1ccc(F)cc1)c1ncn[nH]1. The van der Waals surface area contributed by atoms with Crippen molar-refractivity contribution in [1.82, 2.24) is 25.4 Å². The molecule has 100 valence electrons. The predicted molar refractivity (Wildman–Crippen MR) is 68.3 cm³/mol. The van der Waals surface area contributed by atoms with Crippen molar-refractivity contribution in [2.45, 2.75) is 0 Å². The number of aromatic amines is 2. The third-order valence-corrected chi connectivity index (χ3v) is 2.65. The van der Waals surface area contributed by atoms with E-state index in [2.05, 4.69) is 30.7 Å². The van der Waals surface area contributed by atoms with Gasteiger partial charge in [-0.1, -0.05) is 0 Å². The van der Waals surface area contributed by atoms with Gasteiger partial charge in [-0.3, -0.25) is 15.0 Å². The van der Waals surface area contributed by atoms with Crippen LogP contribution in [0.2, 0.25) is 0 Å². The first kappa shape index (κ1) is 12.0. The summed E-state index contributed by atoms with van der Waals surface area (Å²) in [5.41, 5.74) is 1.76. The van der Waals surface area contributed by atoms with Gasteiger partial charge >= 0.3 is 0 Å². The van der Waals surface area contributed by atoms with Crippen LogP contribution >= 0.6 is 0 Å². The van der Waals surface area contributed by atoms with Gasteiger partial charge in [0.2, 0.25) is 5.82 Å². The van der Waals surface area contributed by atoms with E-state index < -0.39 is 5.91 Å². The molecular formula is C12H9FN6O. The molecular weight excluding hydrogens is 263 g/mol. The maximum atomic E-state index is 12.9. The van der Waals surface area contributed by atoms with Crippen LogP contribution in [0.15, 0.2) is 36.8 Å². The van der Waals surface area contributed by atoms with Gasteiger partial charge in [0.1, 0.15) is 12.1 Å². The number of carbonyl (C=O) groups is 1. The summed E-state index contributed by atoms with van der Waals surface area (Å²) in [6, 6.07) is 5.84. The third kappa shape index (κ3) is 2.26. The fourth-order valence-corrected chi connectivity index (χ4v) is 1.71. The number of amides is 1. The Kier molecular flexibility index (Phi) is 2.96. The molecule has 0 atom stereocenters. The first-order valence-corrected chi connectivity index (χ1v) is 5.70. The summed E-state index contributed by atoms with van der Waals surface area (Å²) in [4.78, 5) is 15.6. The highest BCUT2D eigenvalue weighted by Gasteiger charge is 2.14. The monoisotopic (exact) mass is 272 g/mol. The molecule has 0 aliphatic rings. The number of benzene rings is 1. The highest BCUT2D eigenvalue weighted by Crippen LogP contribution is 2.25. The van der Waals surface area contributed by atoms with Crippen LogP contribution in [0.4, 0.5) is 10.1 Å². The van der Waals surface area contributed by atoms with E-state index >= 15 is 0 Å². The minimum absolute atomic E-state index is 0.0938. The first-order valence-electron chi connectivity index (χ1n) is 5.70. The second-order valence-corrected chi connectivity index (χ2v) is 3.95. The number of nitrogens with one attached hydrogen (secondary N) is 3. The Bertz CT molecular complexity index is 719. The minimum atomic E-state index is -0.438. The molecule has 0 fully saturated rings. The Morgan fingerprint density at radius 3 is 2.65 bits per heavy atom. The van der Waals surface area contributed by atoms with Crippen molar-refractivity contribution in [1.29, 1.82) is 0 Å². The second kappa shape index (κ2) is 4.92. The first-order chi connectivity index (χ1) is 9.74. The molecule has 8 heteroatoms. The van der Waals surface area contributed by atoms with E-state index in [0.717, 1.165) is 0 Å². The molecule has 20 heavy (non-hydrogen) atoms. The summed E-state index contributed by atoms with van der Waals surface area (Å²) in [6.45, 7) is 0. The fraction of sp³-hybridized carbons (Fsp3) is 0. The highest BCUT2D eigenvalue weighted by molar-refractivity contribution is 6.03. The zero-order chi connectivity index (χ0) is 13.9. The largest absolute Gasteiger partial charge is 0.316 e. The number of aromatic nitrogens is 5. The molecule has 3 rings (SSSR count). The van der Waals surface area contributed by atoms with Gasteiger partial charge in [-0.25, -0.2) is 9.37 Å². The number of hydrogen-bond donors (Lipinski definition) is 3. The molecule has 0 unspecified atom stereocenters. The van der Waals surface area contributed by atoms with E-state index in [-0.39, 0.29) is 11.6 Å². The third-order valence-electron chi connectivity index (χ3n) is 2.65. The van der Waals surface area contributed by atoms with Gasteiger partial charge < -0.3 is 5.32 Å². The van der Waals surface area contributed by atoms with E-state index in [9.17, 15) is 9.18 Å². The molecule has 3 aromatic rings. The number of carbonyl (C=O) groups excluding carboxylic acids is 1. The number of nitrogens with zero attached hydrogens (tertiary/aromatic N) is 3. The van der Waals surface area contributed by atoms with Crippen LogP contribution in [-0.2, 0) is 0 Å². The lowest BCUT2D eigenvalue weighted by atomic mass is 10.1. The van der Waals surface area contributed by atoms with Crippen LogP contribution in [0.5, 0.6) is 0 Å². The Hall–Kier alpha value is -3.03. The lowest BCUT2D eigenvalue weighted by molar-refractivity contribution is 0.101. The molecule has 1 aromatic carbocycles. The van der Waals surface area contributed by atoms with Crippen LogP contribution in [0.25, 0.3) is 11.3 Å². The summed E-state index contributed by atoms with van der Waals surface area (Å²) < 4.78 is 12.9. The molecule has 0 bridgehead atoms. The van der Waals surface area contributed by atoms with Crippen LogP contribution in [0.3, 0.4) is 0 Å². The van der Waals surface area contributed by atoms with Crippen LogP contribution in [0, 0.1) is 5.82 Å². The fourth-order valence-electron chi connectivity index (χ4n) is 1.71. The number of H-pyrrole nitrogens is 2. The van der Waals surface area contributed by atoms with Gasteiger partial charge in [0.25, 0.3) is 5.91 Å². The van der Waals surface area contributed by atoms with E-state index in [1.165, 1.54) is 24.7 Å². The van der Waals surface area contributed by atoms with Crippen LogP contribution < -0.4 is 5.32 Å². The van der Waals surface area contributed by atoms with E-state index in [4.69, 9.17) is 0 Å². The van der Waals surface area contributed by atoms with E-state index in [0.29, 0.717) is 16.9 Å². The van der Waals surface area contributed by atoms with Crippen molar-refractivity contribution in [3.05, 3.63) is 48.4 Å². The average Bonchev–Trinajstić information content (AvgIpc) is 3.10. The van der Waals surface area contributed by atoms with Crippen LogP contribution in [-0.4, -0.2) is 31.3 Å². The van der Waals surface area contributed by atoms with Crippen molar-refractivity contribution in [2.75, 3.05) is 5.32 Å². The van der Waals surface area contributed by atoms with Gasteiger partial charge in [-0.05, 0) is 24.3 Å². The number of halogens is 1. The highest BCUT2D eigenvalue weighted by atomic mass is 19.1. The molecule has 7 nitrogen and oxygen atoms in total. The Balaban J connectivity index is 1.87. The molecule has 0 aliphatic heterocycles. The number of anilines is 1. The standard InChI is InChI=1S/C12H9FN6O/c13-8-3-1-7(2-4-8)10-9(5-15-18-10)17-12(20)11-14-6-16-19-11/h1-6H,(H,15,18)(H,17,20)(H,14,16,19). The molecule has 0 saturated carbocycles. The van der Waals surface area contributed by atoms with Crippen LogP contribution in [0.1, 0.15) is 10.6 Å². The lowest BCUT2D eigenvalue weighted by Gasteiger charge is -2.04. The average molecular weight is 272 g/mol. The van der Waals surface area contributed by atoms with Crippen molar-refractivity contribution >= 4 is 11.6 Å². The topological polar surface area (TPSA) is 99.3 Å². The maximum Gasteiger partial charge on any atom is 0.293 e. The predicted octanol–water partition coefficient (Wildman–Crippen LogP) is 1.59. The van der Waals surface area contributed by atoms with Crippen molar-refractivity contribution in [3.8, 4) is 11.3 Å². The molecule has 3 N–H and O–H groups in total. The maximum absolute atomic E-state index is 12.9. The molecule has 0 aliphatic carbocycles. The number of hydrogen-bond acceptors (Lipinski definition) is 4. The summed E-state index contributed by atoms with van der Waals surface area (Å²) in [7, 11) is 0. The van der Waals surface area contributed by atoms with Gasteiger partial charge in [-0.15, -0.1) is 0 Å². The molecule has 0 radical (unpaired) electrons. The minimum Gasteiger partial charge on any atom is -0.316 e. The summed E-state index contributed by atoms with van der Waals surface area (Å²) in [6.07, 6.45) is 2.71. The van der Waals surface area contributed by atoms with Gasteiger partial charge in [0, 0.05) is 5.56 Å². The Morgan fingerprint density at radius 1 is 1.15 bits per heavy atom. The Morgan fingerprint density at radius 2 is 1.95 bits per heavy atom. The summed E-state index contributed by atoms with van der Waals surface area (Å²) in [5, 5.41) is 15.3. The van der Waals surface area contributed by atoms with Crippen molar-refractivity contribution < 1.29 is 9.18 Å². The van der Waals surface area contributed by atoms with E-state index in [1.54, 1.807) is 12.1 Å². The molecule has 2 aromatic heterocycles.